The number of carbonyl (C=O) groups excluding carboxylic acids is 1. The molecule has 1 aromatic heterocycles. The van der Waals surface area contributed by atoms with Crippen LogP contribution in [-0.2, 0) is 0 Å². The normalized spacial score (nSPS) is 17.1. The Bertz CT molecular complexity index is 628. The van der Waals surface area contributed by atoms with Crippen LogP contribution in [-0.4, -0.2) is 18.0 Å². The van der Waals surface area contributed by atoms with Crippen LogP contribution in [0.25, 0.3) is 0 Å². The van der Waals surface area contributed by atoms with E-state index in [1.807, 2.05) is 24.3 Å². The molecule has 5 nitrogen and oxygen atoms in total. The maximum Gasteiger partial charge on any atom is 0.256 e. The molecule has 2 aromatic rings. The first-order chi connectivity index (χ1) is 9.29. The predicted octanol–water partition coefficient (Wildman–Crippen LogP) is 1.94. The number of fused-ring (bicyclic) bond motifs is 1. The van der Waals surface area contributed by atoms with Crippen LogP contribution in [0.3, 0.4) is 0 Å². The number of hydrogen-bond acceptors (Lipinski definition) is 4. The summed E-state index contributed by atoms with van der Waals surface area (Å²) in [6.07, 6.45) is 1.31. The van der Waals surface area contributed by atoms with Crippen molar-refractivity contribution in [2.75, 3.05) is 12.4 Å². The van der Waals surface area contributed by atoms with E-state index in [0.717, 1.165) is 11.3 Å². The van der Waals surface area contributed by atoms with E-state index in [9.17, 15) is 4.79 Å². The second kappa shape index (κ2) is 4.61. The molecular formula is C14H13N3O2. The number of para-hydroxylation sites is 1. The summed E-state index contributed by atoms with van der Waals surface area (Å²) in [6, 6.07) is 11.0. The fraction of sp³-hybridized carbons (Fsp3) is 0.143. The Morgan fingerprint density at radius 3 is 2.84 bits per heavy atom. The molecular weight excluding hydrogens is 242 g/mol. The van der Waals surface area contributed by atoms with Crippen molar-refractivity contribution in [1.29, 1.82) is 0 Å². The molecule has 0 radical (unpaired) electrons. The van der Waals surface area contributed by atoms with Gasteiger partial charge in [-0.25, -0.2) is 4.98 Å². The summed E-state index contributed by atoms with van der Waals surface area (Å²) >= 11 is 0. The molecule has 1 amide bonds. The van der Waals surface area contributed by atoms with Gasteiger partial charge < -0.3 is 15.4 Å². The van der Waals surface area contributed by atoms with Crippen LogP contribution in [0.4, 0.5) is 5.82 Å². The van der Waals surface area contributed by atoms with Crippen LogP contribution in [0.15, 0.2) is 42.6 Å². The number of benzene rings is 1. The van der Waals surface area contributed by atoms with Gasteiger partial charge in [0.2, 0.25) is 0 Å². The number of rotatable bonds is 2. The molecule has 0 saturated heterocycles. The van der Waals surface area contributed by atoms with Crippen molar-refractivity contribution in [3.63, 3.8) is 0 Å². The van der Waals surface area contributed by atoms with Crippen LogP contribution >= 0.6 is 0 Å². The minimum Gasteiger partial charge on any atom is -0.496 e. The number of anilines is 1. The molecule has 1 aliphatic heterocycles. The van der Waals surface area contributed by atoms with Gasteiger partial charge in [-0.3, -0.25) is 4.79 Å². The monoisotopic (exact) mass is 255 g/mol. The molecule has 0 saturated carbocycles. The summed E-state index contributed by atoms with van der Waals surface area (Å²) in [5.74, 6) is 1.17. The predicted molar refractivity (Wildman–Crippen MR) is 71.1 cm³/mol. The lowest BCUT2D eigenvalue weighted by atomic mass is 10.1. The van der Waals surface area contributed by atoms with Crippen molar-refractivity contribution in [2.24, 2.45) is 0 Å². The number of carbonyl (C=O) groups is 1. The zero-order chi connectivity index (χ0) is 13.2. The maximum atomic E-state index is 12.0. The third-order valence-corrected chi connectivity index (χ3v) is 3.06. The molecule has 5 heteroatoms. The quantitative estimate of drug-likeness (QED) is 0.861. The van der Waals surface area contributed by atoms with E-state index in [1.165, 1.54) is 0 Å². The van der Waals surface area contributed by atoms with Crippen molar-refractivity contribution in [1.82, 2.24) is 10.3 Å². The SMILES string of the molecule is COc1ccccc1[C@@H]1NC(=O)c2cccnc2N1. The van der Waals surface area contributed by atoms with Gasteiger partial charge in [0.1, 0.15) is 17.7 Å². The van der Waals surface area contributed by atoms with Gasteiger partial charge >= 0.3 is 0 Å². The second-order valence-corrected chi connectivity index (χ2v) is 4.19. The molecule has 96 valence electrons. The number of amides is 1. The summed E-state index contributed by atoms with van der Waals surface area (Å²) in [5, 5.41) is 6.09. The number of nitrogens with zero attached hydrogens (tertiary/aromatic N) is 1. The van der Waals surface area contributed by atoms with Crippen molar-refractivity contribution in [3.05, 3.63) is 53.7 Å². The largest absolute Gasteiger partial charge is 0.496 e. The van der Waals surface area contributed by atoms with Crippen LogP contribution in [0, 0.1) is 0 Å². The molecule has 1 aliphatic rings. The van der Waals surface area contributed by atoms with E-state index < -0.39 is 0 Å². The molecule has 1 aromatic carbocycles. The first kappa shape index (κ1) is 11.5. The minimum atomic E-state index is -0.342. The molecule has 3 rings (SSSR count). The average Bonchev–Trinajstić information content (AvgIpc) is 2.47. The Hall–Kier alpha value is -2.56. The van der Waals surface area contributed by atoms with E-state index in [2.05, 4.69) is 15.6 Å². The Morgan fingerprint density at radius 1 is 1.16 bits per heavy atom. The smallest absolute Gasteiger partial charge is 0.256 e. The summed E-state index contributed by atoms with van der Waals surface area (Å²) in [6.45, 7) is 0. The van der Waals surface area contributed by atoms with Gasteiger partial charge in [0, 0.05) is 11.8 Å². The molecule has 19 heavy (non-hydrogen) atoms. The second-order valence-electron chi connectivity index (χ2n) is 4.19. The Balaban J connectivity index is 1.99. The molecule has 0 bridgehead atoms. The van der Waals surface area contributed by atoms with Crippen molar-refractivity contribution in [2.45, 2.75) is 6.17 Å². The van der Waals surface area contributed by atoms with E-state index in [1.54, 1.807) is 25.4 Å². The third kappa shape index (κ3) is 1.99. The lowest BCUT2D eigenvalue weighted by Gasteiger charge is -2.28. The van der Waals surface area contributed by atoms with Gasteiger partial charge in [0.05, 0.1) is 12.7 Å². The number of pyridine rings is 1. The van der Waals surface area contributed by atoms with E-state index in [0.29, 0.717) is 11.4 Å². The van der Waals surface area contributed by atoms with Gasteiger partial charge in [-0.05, 0) is 18.2 Å². The highest BCUT2D eigenvalue weighted by atomic mass is 16.5. The summed E-state index contributed by atoms with van der Waals surface area (Å²) in [4.78, 5) is 16.2. The molecule has 0 spiro atoms. The zero-order valence-electron chi connectivity index (χ0n) is 10.4. The highest BCUT2D eigenvalue weighted by molar-refractivity contribution is 6.00. The van der Waals surface area contributed by atoms with Crippen molar-refractivity contribution >= 4 is 11.7 Å². The van der Waals surface area contributed by atoms with Gasteiger partial charge in [-0.2, -0.15) is 0 Å². The van der Waals surface area contributed by atoms with Gasteiger partial charge in [-0.1, -0.05) is 18.2 Å². The van der Waals surface area contributed by atoms with Crippen LogP contribution in [0.1, 0.15) is 22.1 Å². The fourth-order valence-corrected chi connectivity index (χ4v) is 2.15. The average molecular weight is 255 g/mol. The fourth-order valence-electron chi connectivity index (χ4n) is 2.15. The number of nitrogens with one attached hydrogen (secondary N) is 2. The van der Waals surface area contributed by atoms with Gasteiger partial charge in [0.25, 0.3) is 5.91 Å². The maximum absolute atomic E-state index is 12.0. The van der Waals surface area contributed by atoms with Crippen LogP contribution in [0.5, 0.6) is 5.75 Å². The molecule has 2 heterocycles. The number of hydrogen-bond donors (Lipinski definition) is 2. The van der Waals surface area contributed by atoms with Gasteiger partial charge in [0.15, 0.2) is 0 Å². The zero-order valence-corrected chi connectivity index (χ0v) is 10.4. The van der Waals surface area contributed by atoms with E-state index >= 15 is 0 Å². The molecule has 2 N–H and O–H groups in total. The van der Waals surface area contributed by atoms with Crippen molar-refractivity contribution in [3.8, 4) is 5.75 Å². The molecule has 0 aliphatic carbocycles. The lowest BCUT2D eigenvalue weighted by Crippen LogP contribution is -2.39. The van der Waals surface area contributed by atoms with Gasteiger partial charge in [-0.15, -0.1) is 0 Å². The Kier molecular flexibility index (Phi) is 2.79. The van der Waals surface area contributed by atoms with E-state index in [-0.39, 0.29) is 12.1 Å². The molecule has 0 fully saturated rings. The Morgan fingerprint density at radius 2 is 2.00 bits per heavy atom. The van der Waals surface area contributed by atoms with Crippen LogP contribution < -0.4 is 15.4 Å². The number of ether oxygens (including phenoxy) is 1. The molecule has 0 unspecified atom stereocenters. The highest BCUT2D eigenvalue weighted by Gasteiger charge is 2.26. The van der Waals surface area contributed by atoms with Crippen molar-refractivity contribution < 1.29 is 9.53 Å². The topological polar surface area (TPSA) is 63.2 Å². The summed E-state index contributed by atoms with van der Waals surface area (Å²) in [5.41, 5.74) is 1.42. The molecule has 1 atom stereocenters. The summed E-state index contributed by atoms with van der Waals surface area (Å²) < 4.78 is 5.31. The Labute approximate surface area is 110 Å². The van der Waals surface area contributed by atoms with E-state index in [4.69, 9.17) is 4.74 Å². The summed E-state index contributed by atoms with van der Waals surface area (Å²) in [7, 11) is 1.61. The van der Waals surface area contributed by atoms with Crippen LogP contribution in [0.2, 0.25) is 0 Å². The number of aromatic nitrogens is 1. The third-order valence-electron chi connectivity index (χ3n) is 3.06. The first-order valence-electron chi connectivity index (χ1n) is 5.95. The first-order valence-corrected chi connectivity index (χ1v) is 5.95. The minimum absolute atomic E-state index is 0.141. The highest BCUT2D eigenvalue weighted by Crippen LogP contribution is 2.29. The standard InChI is InChI=1S/C14H13N3O2/c1-19-11-7-3-2-5-9(11)13-16-12-10(14(18)17-13)6-4-8-15-12/h2-8,13H,1H3,(H,15,16)(H,17,18)/t13-/m0/s1. The number of methoxy groups -OCH3 is 1. The lowest BCUT2D eigenvalue weighted by molar-refractivity contribution is 0.0934.